The van der Waals surface area contributed by atoms with Gasteiger partial charge in [-0.05, 0) is 38.0 Å². The van der Waals surface area contributed by atoms with Crippen LogP contribution in [0.4, 0.5) is 0 Å². The van der Waals surface area contributed by atoms with E-state index in [4.69, 9.17) is 10.4 Å². The molecule has 0 aromatic heterocycles. The summed E-state index contributed by atoms with van der Waals surface area (Å²) in [4.78, 5) is 8.78. The average molecular weight is 404 g/mol. The summed E-state index contributed by atoms with van der Waals surface area (Å²) >= 11 is 0. The minimum absolute atomic E-state index is 0.283. The summed E-state index contributed by atoms with van der Waals surface area (Å²) in [5.74, 6) is 0.958. The van der Waals surface area contributed by atoms with Gasteiger partial charge in [0.15, 0.2) is 0 Å². The van der Waals surface area contributed by atoms with Crippen molar-refractivity contribution in [2.45, 2.75) is 117 Å². The second-order valence-corrected chi connectivity index (χ2v) is 9.19. The Morgan fingerprint density at radius 2 is 1.26 bits per heavy atom. The van der Waals surface area contributed by atoms with Gasteiger partial charge in [0.05, 0.1) is 6.61 Å². The molecule has 4 nitrogen and oxygen atoms in total. The van der Waals surface area contributed by atoms with Crippen molar-refractivity contribution >= 4 is 7.75 Å². The molecule has 0 rings (SSSR count). The Morgan fingerprint density at radius 1 is 0.815 bits per heavy atom. The van der Waals surface area contributed by atoms with Gasteiger partial charge in [-0.2, -0.15) is 0 Å². The van der Waals surface area contributed by atoms with E-state index in [1.165, 1.54) is 83.5 Å². The Bertz CT molecular complexity index is 378. The van der Waals surface area contributed by atoms with Crippen LogP contribution in [-0.4, -0.2) is 11.5 Å². The van der Waals surface area contributed by atoms with Gasteiger partial charge in [-0.3, -0.25) is 4.52 Å². The summed E-state index contributed by atoms with van der Waals surface area (Å²) in [6.07, 6.45) is 25.0. The van der Waals surface area contributed by atoms with Crippen molar-refractivity contribution in [2.24, 2.45) is 11.4 Å². The molecule has 1 unspecified atom stereocenters. The van der Waals surface area contributed by atoms with Gasteiger partial charge >= 0.3 is 7.75 Å². The number of rotatable bonds is 20. The highest BCUT2D eigenvalue weighted by Crippen LogP contribution is 2.31. The van der Waals surface area contributed by atoms with Crippen molar-refractivity contribution < 1.29 is 14.0 Å². The van der Waals surface area contributed by atoms with Crippen molar-refractivity contribution in [3.05, 3.63) is 12.2 Å². The van der Waals surface area contributed by atoms with Crippen LogP contribution in [0.25, 0.3) is 0 Å². The molecule has 0 bridgehead atoms. The monoisotopic (exact) mass is 403 g/mol. The molecule has 1 atom stereocenters. The zero-order chi connectivity index (χ0) is 20.2. The standard InChI is InChI=1S/C22H46NO3P/c1-3-22(4-2)20-18-16-14-12-10-8-6-5-7-9-11-13-15-17-19-21-26-27(23,24)25/h5-6,22H,3-4,7-21H2,1-2H3,(H3,23,24,25)/b6-5-. The molecule has 0 amide bonds. The molecule has 0 spiro atoms. The largest absolute Gasteiger partial charge is 0.400 e. The summed E-state index contributed by atoms with van der Waals surface area (Å²) in [5, 5.41) is 0. The number of allylic oxidation sites excluding steroid dienone is 2. The predicted molar refractivity (Wildman–Crippen MR) is 118 cm³/mol. The second kappa shape index (κ2) is 19.2. The van der Waals surface area contributed by atoms with Gasteiger partial charge in [0.25, 0.3) is 0 Å². The van der Waals surface area contributed by atoms with E-state index in [9.17, 15) is 4.57 Å². The van der Waals surface area contributed by atoms with Crippen LogP contribution >= 0.6 is 7.75 Å². The molecule has 0 saturated carbocycles. The van der Waals surface area contributed by atoms with Crippen molar-refractivity contribution in [3.63, 3.8) is 0 Å². The molecule has 0 heterocycles. The van der Waals surface area contributed by atoms with E-state index in [-0.39, 0.29) is 6.61 Å². The highest BCUT2D eigenvalue weighted by Gasteiger charge is 2.09. The van der Waals surface area contributed by atoms with E-state index in [1.54, 1.807) is 0 Å². The molecule has 0 radical (unpaired) electrons. The van der Waals surface area contributed by atoms with Crippen molar-refractivity contribution in [2.75, 3.05) is 6.61 Å². The van der Waals surface area contributed by atoms with Gasteiger partial charge in [-0.15, -0.1) is 0 Å². The van der Waals surface area contributed by atoms with Crippen molar-refractivity contribution in [3.8, 4) is 0 Å². The van der Waals surface area contributed by atoms with E-state index in [2.05, 4.69) is 30.5 Å². The first-order valence-electron chi connectivity index (χ1n) is 11.4. The van der Waals surface area contributed by atoms with Crippen LogP contribution in [0.15, 0.2) is 12.2 Å². The second-order valence-electron chi connectivity index (χ2n) is 7.81. The fourth-order valence-electron chi connectivity index (χ4n) is 3.42. The fourth-order valence-corrected chi connectivity index (χ4v) is 3.82. The first-order valence-corrected chi connectivity index (χ1v) is 13.0. The molecule has 3 N–H and O–H groups in total. The zero-order valence-electron chi connectivity index (χ0n) is 18.0. The van der Waals surface area contributed by atoms with Crippen molar-refractivity contribution in [1.29, 1.82) is 0 Å². The SMILES string of the molecule is CCC(CC)CCCCCCC/C=C\CCCCCCCCOP(N)(=O)O. The van der Waals surface area contributed by atoms with Crippen LogP contribution in [0, 0.1) is 5.92 Å². The maximum atomic E-state index is 10.7. The number of hydrogen-bond donors (Lipinski definition) is 2. The lowest BCUT2D eigenvalue weighted by atomic mass is 9.96. The van der Waals surface area contributed by atoms with Crippen LogP contribution in [-0.2, 0) is 9.09 Å². The molecule has 162 valence electrons. The Kier molecular flexibility index (Phi) is 19.1. The topological polar surface area (TPSA) is 72.5 Å². The molecule has 0 aliphatic heterocycles. The van der Waals surface area contributed by atoms with E-state index >= 15 is 0 Å². The van der Waals surface area contributed by atoms with Gasteiger partial charge in [0.2, 0.25) is 0 Å². The summed E-state index contributed by atoms with van der Waals surface area (Å²) in [7, 11) is -3.77. The molecule has 0 saturated heterocycles. The average Bonchev–Trinajstić information content (AvgIpc) is 2.63. The molecule has 0 aliphatic rings. The minimum atomic E-state index is -3.77. The zero-order valence-corrected chi connectivity index (χ0v) is 18.9. The lowest BCUT2D eigenvalue weighted by molar-refractivity contribution is 0.253. The van der Waals surface area contributed by atoms with Crippen LogP contribution in [0.2, 0.25) is 0 Å². The van der Waals surface area contributed by atoms with Gasteiger partial charge < -0.3 is 4.89 Å². The third kappa shape index (κ3) is 22.0. The molecular weight excluding hydrogens is 357 g/mol. The molecule has 27 heavy (non-hydrogen) atoms. The van der Waals surface area contributed by atoms with Crippen LogP contribution in [0.3, 0.4) is 0 Å². The Labute approximate surface area is 168 Å². The normalized spacial score (nSPS) is 14.3. The Balaban J connectivity index is 3.20. The van der Waals surface area contributed by atoms with Crippen LogP contribution < -0.4 is 5.50 Å². The molecule has 0 aromatic rings. The first-order chi connectivity index (χ1) is 13.0. The van der Waals surface area contributed by atoms with Gasteiger partial charge in [0.1, 0.15) is 0 Å². The van der Waals surface area contributed by atoms with Gasteiger partial charge in [-0.25, -0.2) is 10.1 Å². The Morgan fingerprint density at radius 3 is 1.74 bits per heavy atom. The maximum absolute atomic E-state index is 10.7. The number of nitrogens with two attached hydrogens (primary N) is 1. The third-order valence-corrected chi connectivity index (χ3v) is 5.90. The van der Waals surface area contributed by atoms with Gasteiger partial charge in [-0.1, -0.05) is 96.6 Å². The highest BCUT2D eigenvalue weighted by molar-refractivity contribution is 7.50. The number of hydrogen-bond acceptors (Lipinski definition) is 2. The van der Waals surface area contributed by atoms with E-state index in [1.807, 2.05) is 0 Å². The molecular formula is C22H46NO3P. The molecule has 5 heteroatoms. The smallest absolute Gasteiger partial charge is 0.313 e. The van der Waals surface area contributed by atoms with E-state index in [0.717, 1.165) is 25.2 Å². The van der Waals surface area contributed by atoms with Crippen LogP contribution in [0.1, 0.15) is 117 Å². The third-order valence-electron chi connectivity index (χ3n) is 5.35. The molecule has 0 fully saturated rings. The Hall–Kier alpha value is -0.150. The summed E-state index contributed by atoms with van der Waals surface area (Å²) in [6.45, 7) is 4.92. The lowest BCUT2D eigenvalue weighted by Gasteiger charge is -2.11. The quantitative estimate of drug-likeness (QED) is 0.125. The minimum Gasteiger partial charge on any atom is -0.313 e. The fraction of sp³-hybridized carbons (Fsp3) is 0.909. The predicted octanol–water partition coefficient (Wildman–Crippen LogP) is 7.52. The van der Waals surface area contributed by atoms with Gasteiger partial charge in [0, 0.05) is 0 Å². The number of unbranched alkanes of at least 4 members (excludes halogenated alkanes) is 11. The van der Waals surface area contributed by atoms with E-state index in [0.29, 0.717) is 0 Å². The van der Waals surface area contributed by atoms with Crippen LogP contribution in [0.5, 0.6) is 0 Å². The van der Waals surface area contributed by atoms with Crippen molar-refractivity contribution in [1.82, 2.24) is 0 Å². The van der Waals surface area contributed by atoms with E-state index < -0.39 is 7.75 Å². The molecule has 0 aromatic carbocycles. The highest BCUT2D eigenvalue weighted by atomic mass is 31.2. The summed E-state index contributed by atoms with van der Waals surface area (Å²) < 4.78 is 15.4. The maximum Gasteiger partial charge on any atom is 0.400 e. The summed E-state index contributed by atoms with van der Waals surface area (Å²) in [5.41, 5.74) is 4.90. The lowest BCUT2D eigenvalue weighted by Crippen LogP contribution is -1.99. The molecule has 0 aliphatic carbocycles. The first kappa shape index (κ1) is 26.9. The summed E-state index contributed by atoms with van der Waals surface area (Å²) in [6, 6.07) is 0.